The van der Waals surface area contributed by atoms with Crippen LogP contribution in [0, 0.1) is 0 Å². The lowest BCUT2D eigenvalue weighted by molar-refractivity contribution is -0.123. The number of carbonyl (C=O) groups is 1. The summed E-state index contributed by atoms with van der Waals surface area (Å²) in [7, 11) is 1.64. The van der Waals surface area contributed by atoms with Gasteiger partial charge in [0.25, 0.3) is 0 Å². The van der Waals surface area contributed by atoms with Gasteiger partial charge < -0.3 is 10.5 Å². The molecule has 0 heterocycles. The second kappa shape index (κ2) is 5.87. The van der Waals surface area contributed by atoms with Gasteiger partial charge in [-0.1, -0.05) is 19.1 Å². The number of carbonyl (C=O) groups excluding carboxylic acids is 1. The number of ether oxygens (including phenoxy) is 1. The summed E-state index contributed by atoms with van der Waals surface area (Å²) < 4.78 is 5.13. The standard InChI is InChI=1S/C14H22N2O2/c1-5-12(16-14(2,3)13(15)17)10-6-8-11(18-4)9-7-10/h6-9,12,16H,5H2,1-4H3,(H2,15,17). The number of primary amides is 1. The minimum atomic E-state index is -0.722. The SMILES string of the molecule is CCC(NC(C)(C)C(N)=O)c1ccc(OC)cc1. The van der Waals surface area contributed by atoms with Crippen molar-refractivity contribution in [3.8, 4) is 5.75 Å². The first-order valence-electron chi connectivity index (χ1n) is 6.12. The quantitative estimate of drug-likeness (QED) is 0.811. The van der Waals surface area contributed by atoms with Crippen LogP contribution < -0.4 is 15.8 Å². The van der Waals surface area contributed by atoms with Crippen molar-refractivity contribution in [2.75, 3.05) is 7.11 Å². The minimum absolute atomic E-state index is 0.0957. The molecule has 100 valence electrons. The van der Waals surface area contributed by atoms with E-state index in [0.29, 0.717) is 0 Å². The van der Waals surface area contributed by atoms with Crippen molar-refractivity contribution in [3.63, 3.8) is 0 Å². The van der Waals surface area contributed by atoms with Crippen molar-refractivity contribution in [3.05, 3.63) is 29.8 Å². The summed E-state index contributed by atoms with van der Waals surface area (Å²) in [6, 6.07) is 7.92. The number of rotatable bonds is 6. The van der Waals surface area contributed by atoms with Gasteiger partial charge in [0.2, 0.25) is 5.91 Å². The number of hydrogen-bond donors (Lipinski definition) is 2. The van der Waals surface area contributed by atoms with E-state index in [1.165, 1.54) is 0 Å². The highest BCUT2D eigenvalue weighted by Crippen LogP contribution is 2.22. The number of nitrogens with two attached hydrogens (primary N) is 1. The van der Waals surface area contributed by atoms with Crippen LogP contribution >= 0.6 is 0 Å². The lowest BCUT2D eigenvalue weighted by Crippen LogP contribution is -2.51. The van der Waals surface area contributed by atoms with E-state index in [1.54, 1.807) is 21.0 Å². The molecule has 4 heteroatoms. The lowest BCUT2D eigenvalue weighted by atomic mass is 9.98. The maximum atomic E-state index is 11.3. The summed E-state index contributed by atoms with van der Waals surface area (Å²) in [6.07, 6.45) is 0.878. The Morgan fingerprint density at radius 2 is 1.94 bits per heavy atom. The molecular weight excluding hydrogens is 228 g/mol. The Morgan fingerprint density at radius 1 is 1.39 bits per heavy atom. The Balaban J connectivity index is 2.86. The van der Waals surface area contributed by atoms with Gasteiger partial charge in [0.05, 0.1) is 12.6 Å². The van der Waals surface area contributed by atoms with E-state index >= 15 is 0 Å². The second-order valence-corrected chi connectivity index (χ2v) is 4.87. The highest BCUT2D eigenvalue weighted by molar-refractivity contribution is 5.83. The van der Waals surface area contributed by atoms with Gasteiger partial charge in [0.15, 0.2) is 0 Å². The normalized spacial score (nSPS) is 13.1. The van der Waals surface area contributed by atoms with Gasteiger partial charge in [-0.2, -0.15) is 0 Å². The van der Waals surface area contributed by atoms with Crippen LogP contribution in [0.1, 0.15) is 38.8 Å². The van der Waals surface area contributed by atoms with Crippen LogP contribution in [-0.2, 0) is 4.79 Å². The Kier molecular flexibility index (Phi) is 4.73. The predicted molar refractivity (Wildman–Crippen MR) is 72.4 cm³/mol. The van der Waals surface area contributed by atoms with Crippen molar-refractivity contribution in [1.82, 2.24) is 5.32 Å². The van der Waals surface area contributed by atoms with E-state index in [2.05, 4.69) is 12.2 Å². The highest BCUT2D eigenvalue weighted by atomic mass is 16.5. The Bertz CT molecular complexity index is 399. The number of hydrogen-bond acceptors (Lipinski definition) is 3. The smallest absolute Gasteiger partial charge is 0.237 e. The monoisotopic (exact) mass is 250 g/mol. The number of methoxy groups -OCH3 is 1. The fourth-order valence-electron chi connectivity index (χ4n) is 1.76. The molecule has 1 aromatic rings. The molecule has 18 heavy (non-hydrogen) atoms. The molecule has 0 aliphatic carbocycles. The molecule has 1 rings (SSSR count). The predicted octanol–water partition coefficient (Wildman–Crippen LogP) is 2.00. The highest BCUT2D eigenvalue weighted by Gasteiger charge is 2.27. The van der Waals surface area contributed by atoms with Crippen molar-refractivity contribution in [2.45, 2.75) is 38.8 Å². The van der Waals surface area contributed by atoms with Crippen LogP contribution in [0.15, 0.2) is 24.3 Å². The zero-order chi connectivity index (χ0) is 13.8. The molecule has 4 nitrogen and oxygen atoms in total. The summed E-state index contributed by atoms with van der Waals surface area (Å²) in [5, 5.41) is 3.28. The molecule has 3 N–H and O–H groups in total. The van der Waals surface area contributed by atoms with Gasteiger partial charge in [-0.3, -0.25) is 10.1 Å². The van der Waals surface area contributed by atoms with Crippen molar-refractivity contribution < 1.29 is 9.53 Å². The van der Waals surface area contributed by atoms with Crippen LogP contribution in [0.5, 0.6) is 5.75 Å². The van der Waals surface area contributed by atoms with E-state index in [0.717, 1.165) is 17.7 Å². The van der Waals surface area contributed by atoms with Crippen LogP contribution in [-0.4, -0.2) is 18.6 Å². The summed E-state index contributed by atoms with van der Waals surface area (Å²) in [4.78, 5) is 11.3. The van der Waals surface area contributed by atoms with Crippen LogP contribution in [0.3, 0.4) is 0 Å². The summed E-state index contributed by atoms with van der Waals surface area (Å²) in [6.45, 7) is 5.65. The first-order chi connectivity index (χ1) is 8.40. The average Bonchev–Trinajstić information content (AvgIpc) is 2.36. The molecule has 0 spiro atoms. The van der Waals surface area contributed by atoms with Gasteiger partial charge in [-0.05, 0) is 38.0 Å². The molecule has 0 aliphatic rings. The fourth-order valence-corrected chi connectivity index (χ4v) is 1.76. The molecule has 0 aliphatic heterocycles. The minimum Gasteiger partial charge on any atom is -0.497 e. The molecule has 1 aromatic carbocycles. The Hall–Kier alpha value is -1.55. The summed E-state index contributed by atoms with van der Waals surface area (Å²) in [5.74, 6) is 0.470. The molecule has 0 saturated heterocycles. The molecule has 0 fully saturated rings. The second-order valence-electron chi connectivity index (χ2n) is 4.87. The third-order valence-corrected chi connectivity index (χ3v) is 3.08. The first-order valence-corrected chi connectivity index (χ1v) is 6.12. The number of nitrogens with one attached hydrogen (secondary N) is 1. The van der Waals surface area contributed by atoms with Gasteiger partial charge in [0, 0.05) is 6.04 Å². The van der Waals surface area contributed by atoms with Crippen LogP contribution in [0.25, 0.3) is 0 Å². The Labute approximate surface area is 109 Å². The summed E-state index contributed by atoms with van der Waals surface area (Å²) in [5.41, 5.74) is 5.77. The fraction of sp³-hybridized carbons (Fsp3) is 0.500. The summed E-state index contributed by atoms with van der Waals surface area (Å²) >= 11 is 0. The van der Waals surface area contributed by atoms with E-state index < -0.39 is 5.54 Å². The number of amides is 1. The van der Waals surface area contributed by atoms with Gasteiger partial charge in [-0.15, -0.1) is 0 Å². The average molecular weight is 250 g/mol. The third-order valence-electron chi connectivity index (χ3n) is 3.08. The zero-order valence-corrected chi connectivity index (χ0v) is 11.5. The van der Waals surface area contributed by atoms with E-state index in [1.807, 2.05) is 24.3 Å². The molecule has 1 amide bonds. The van der Waals surface area contributed by atoms with Crippen molar-refractivity contribution in [2.24, 2.45) is 5.73 Å². The molecule has 1 atom stereocenters. The van der Waals surface area contributed by atoms with Gasteiger partial charge in [-0.25, -0.2) is 0 Å². The van der Waals surface area contributed by atoms with Crippen molar-refractivity contribution in [1.29, 1.82) is 0 Å². The van der Waals surface area contributed by atoms with E-state index in [-0.39, 0.29) is 11.9 Å². The van der Waals surface area contributed by atoms with E-state index in [4.69, 9.17) is 10.5 Å². The molecule has 0 bridgehead atoms. The molecule has 0 radical (unpaired) electrons. The maximum absolute atomic E-state index is 11.3. The van der Waals surface area contributed by atoms with Gasteiger partial charge >= 0.3 is 0 Å². The lowest BCUT2D eigenvalue weighted by Gasteiger charge is -2.29. The maximum Gasteiger partial charge on any atom is 0.237 e. The molecular formula is C14H22N2O2. The first kappa shape index (κ1) is 14.5. The molecule has 0 saturated carbocycles. The molecule has 0 aromatic heterocycles. The molecule has 1 unspecified atom stereocenters. The van der Waals surface area contributed by atoms with E-state index in [9.17, 15) is 4.79 Å². The topological polar surface area (TPSA) is 64.3 Å². The Morgan fingerprint density at radius 3 is 2.33 bits per heavy atom. The largest absolute Gasteiger partial charge is 0.497 e. The van der Waals surface area contributed by atoms with Crippen LogP contribution in [0.2, 0.25) is 0 Å². The van der Waals surface area contributed by atoms with Crippen LogP contribution in [0.4, 0.5) is 0 Å². The third kappa shape index (κ3) is 3.47. The number of benzene rings is 1. The van der Waals surface area contributed by atoms with Crippen molar-refractivity contribution >= 4 is 5.91 Å². The zero-order valence-electron chi connectivity index (χ0n) is 11.5. The van der Waals surface area contributed by atoms with Gasteiger partial charge in [0.1, 0.15) is 5.75 Å².